The van der Waals surface area contributed by atoms with Gasteiger partial charge < -0.3 is 5.32 Å². The molecule has 1 aliphatic rings. The highest BCUT2D eigenvalue weighted by Crippen LogP contribution is 2.36. The minimum Gasteiger partial charge on any atom is -0.310 e. The summed E-state index contributed by atoms with van der Waals surface area (Å²) in [6.45, 7) is 5.61. The topological polar surface area (TPSA) is 12.0 Å². The Balaban J connectivity index is 1.87. The Morgan fingerprint density at radius 3 is 2.62 bits per heavy atom. The molecule has 1 saturated carbocycles. The molecule has 0 amide bonds. The van der Waals surface area contributed by atoms with Crippen LogP contribution in [0.3, 0.4) is 0 Å². The molecule has 16 heavy (non-hydrogen) atoms. The van der Waals surface area contributed by atoms with Crippen molar-refractivity contribution in [2.45, 2.75) is 32.7 Å². The number of rotatable bonds is 5. The first-order chi connectivity index (χ1) is 7.68. The average molecular weight is 238 g/mol. The fraction of sp³-hybridized carbons (Fsp3) is 0.571. The highest BCUT2D eigenvalue weighted by molar-refractivity contribution is 6.31. The third-order valence-corrected chi connectivity index (χ3v) is 3.89. The highest BCUT2D eigenvalue weighted by atomic mass is 35.5. The van der Waals surface area contributed by atoms with E-state index in [0.29, 0.717) is 6.04 Å². The number of hydrogen-bond acceptors (Lipinski definition) is 1. The van der Waals surface area contributed by atoms with Crippen molar-refractivity contribution in [1.29, 1.82) is 0 Å². The van der Waals surface area contributed by atoms with Gasteiger partial charge in [-0.05, 0) is 49.8 Å². The van der Waals surface area contributed by atoms with Gasteiger partial charge in [0.1, 0.15) is 0 Å². The summed E-state index contributed by atoms with van der Waals surface area (Å²) in [6.07, 6.45) is 2.84. The first kappa shape index (κ1) is 11.9. The molecule has 88 valence electrons. The Morgan fingerprint density at radius 2 is 2.00 bits per heavy atom. The standard InChI is InChI=1S/C14H20ClN/c1-10(12-7-8-12)9-16-11(2)13-5-3-4-6-14(13)15/h3-6,10-12,16H,7-9H2,1-2H3. The smallest absolute Gasteiger partial charge is 0.0453 e. The van der Waals surface area contributed by atoms with Gasteiger partial charge >= 0.3 is 0 Å². The van der Waals surface area contributed by atoms with E-state index in [1.807, 2.05) is 18.2 Å². The summed E-state index contributed by atoms with van der Waals surface area (Å²) in [6, 6.07) is 8.42. The van der Waals surface area contributed by atoms with Gasteiger partial charge in [0.2, 0.25) is 0 Å². The molecule has 1 aromatic rings. The van der Waals surface area contributed by atoms with E-state index in [-0.39, 0.29) is 0 Å². The van der Waals surface area contributed by atoms with Crippen LogP contribution in [0.1, 0.15) is 38.3 Å². The van der Waals surface area contributed by atoms with Crippen molar-refractivity contribution < 1.29 is 0 Å². The van der Waals surface area contributed by atoms with Crippen LogP contribution in [-0.4, -0.2) is 6.54 Å². The molecule has 2 rings (SSSR count). The molecule has 0 spiro atoms. The first-order valence-electron chi connectivity index (χ1n) is 6.16. The number of halogens is 1. The quantitative estimate of drug-likeness (QED) is 0.815. The van der Waals surface area contributed by atoms with E-state index in [1.54, 1.807) is 0 Å². The van der Waals surface area contributed by atoms with Crippen LogP contribution in [0.2, 0.25) is 5.02 Å². The maximum Gasteiger partial charge on any atom is 0.0453 e. The van der Waals surface area contributed by atoms with Crippen molar-refractivity contribution in [3.63, 3.8) is 0 Å². The van der Waals surface area contributed by atoms with E-state index >= 15 is 0 Å². The number of hydrogen-bond donors (Lipinski definition) is 1. The normalized spacial score (nSPS) is 19.4. The second-order valence-electron chi connectivity index (χ2n) is 4.97. The van der Waals surface area contributed by atoms with Gasteiger partial charge in [-0.1, -0.05) is 36.7 Å². The van der Waals surface area contributed by atoms with E-state index in [1.165, 1.54) is 18.4 Å². The van der Waals surface area contributed by atoms with Crippen molar-refractivity contribution in [3.05, 3.63) is 34.9 Å². The van der Waals surface area contributed by atoms with Crippen molar-refractivity contribution in [2.75, 3.05) is 6.54 Å². The van der Waals surface area contributed by atoms with E-state index in [0.717, 1.165) is 23.4 Å². The van der Waals surface area contributed by atoms with E-state index < -0.39 is 0 Å². The van der Waals surface area contributed by atoms with Gasteiger partial charge in [-0.2, -0.15) is 0 Å². The molecule has 0 bridgehead atoms. The molecule has 1 aliphatic carbocycles. The maximum absolute atomic E-state index is 6.17. The molecule has 1 fully saturated rings. The van der Waals surface area contributed by atoms with Crippen LogP contribution in [0.4, 0.5) is 0 Å². The molecule has 0 saturated heterocycles. The fourth-order valence-corrected chi connectivity index (χ4v) is 2.43. The second-order valence-corrected chi connectivity index (χ2v) is 5.37. The summed E-state index contributed by atoms with van der Waals surface area (Å²) < 4.78 is 0. The molecule has 0 aliphatic heterocycles. The predicted octanol–water partition coefficient (Wildman–Crippen LogP) is 4.04. The van der Waals surface area contributed by atoms with Crippen molar-refractivity contribution >= 4 is 11.6 Å². The largest absolute Gasteiger partial charge is 0.310 e. The third kappa shape index (κ3) is 2.99. The highest BCUT2D eigenvalue weighted by Gasteiger charge is 2.27. The zero-order valence-corrected chi connectivity index (χ0v) is 10.8. The summed E-state index contributed by atoms with van der Waals surface area (Å²) in [5.74, 6) is 1.76. The van der Waals surface area contributed by atoms with Crippen molar-refractivity contribution in [2.24, 2.45) is 11.8 Å². The number of nitrogens with one attached hydrogen (secondary N) is 1. The Bertz CT molecular complexity index is 346. The molecule has 1 N–H and O–H groups in total. The molecule has 2 unspecified atom stereocenters. The zero-order valence-electron chi connectivity index (χ0n) is 10.0. The van der Waals surface area contributed by atoms with Crippen LogP contribution >= 0.6 is 11.6 Å². The molecule has 2 heteroatoms. The molecule has 0 radical (unpaired) electrons. The Hall–Kier alpha value is -0.530. The van der Waals surface area contributed by atoms with Gasteiger partial charge in [-0.25, -0.2) is 0 Å². The molecular formula is C14H20ClN. The first-order valence-corrected chi connectivity index (χ1v) is 6.54. The zero-order chi connectivity index (χ0) is 11.5. The monoisotopic (exact) mass is 237 g/mol. The van der Waals surface area contributed by atoms with E-state index in [4.69, 9.17) is 11.6 Å². The molecule has 2 atom stereocenters. The molecule has 1 nitrogen and oxygen atoms in total. The minimum atomic E-state index is 0.342. The van der Waals surface area contributed by atoms with Crippen LogP contribution in [-0.2, 0) is 0 Å². The number of benzene rings is 1. The SMILES string of the molecule is CC(NCC(C)C1CC1)c1ccccc1Cl. The molecule has 0 aromatic heterocycles. The summed E-state index contributed by atoms with van der Waals surface area (Å²) in [5.41, 5.74) is 1.20. The van der Waals surface area contributed by atoms with Crippen LogP contribution in [0.15, 0.2) is 24.3 Å². The molecule has 1 aromatic carbocycles. The van der Waals surface area contributed by atoms with Gasteiger partial charge in [0.05, 0.1) is 0 Å². The van der Waals surface area contributed by atoms with E-state index in [9.17, 15) is 0 Å². The predicted molar refractivity (Wildman–Crippen MR) is 69.8 cm³/mol. The Morgan fingerprint density at radius 1 is 1.31 bits per heavy atom. The summed E-state index contributed by atoms with van der Waals surface area (Å²) in [7, 11) is 0. The average Bonchev–Trinajstić information content (AvgIpc) is 3.10. The lowest BCUT2D eigenvalue weighted by Crippen LogP contribution is -2.25. The van der Waals surface area contributed by atoms with Crippen molar-refractivity contribution in [1.82, 2.24) is 5.32 Å². The van der Waals surface area contributed by atoms with Gasteiger partial charge in [-0.15, -0.1) is 0 Å². The molecular weight excluding hydrogens is 218 g/mol. The summed E-state index contributed by atoms with van der Waals surface area (Å²) >= 11 is 6.17. The Kier molecular flexibility index (Phi) is 3.88. The summed E-state index contributed by atoms with van der Waals surface area (Å²) in [4.78, 5) is 0. The van der Waals surface area contributed by atoms with Gasteiger partial charge in [0.15, 0.2) is 0 Å². The van der Waals surface area contributed by atoms with Crippen LogP contribution in [0.5, 0.6) is 0 Å². The van der Waals surface area contributed by atoms with Crippen LogP contribution in [0, 0.1) is 11.8 Å². The lowest BCUT2D eigenvalue weighted by Gasteiger charge is -2.18. The fourth-order valence-electron chi connectivity index (χ4n) is 2.13. The van der Waals surface area contributed by atoms with Crippen LogP contribution < -0.4 is 5.32 Å². The third-order valence-electron chi connectivity index (χ3n) is 3.54. The second kappa shape index (κ2) is 5.20. The van der Waals surface area contributed by atoms with Gasteiger partial charge in [0, 0.05) is 11.1 Å². The Labute approximate surface area is 103 Å². The van der Waals surface area contributed by atoms with Crippen LogP contribution in [0.25, 0.3) is 0 Å². The van der Waals surface area contributed by atoms with Gasteiger partial charge in [0.25, 0.3) is 0 Å². The molecule has 0 heterocycles. The van der Waals surface area contributed by atoms with Gasteiger partial charge in [-0.3, -0.25) is 0 Å². The summed E-state index contributed by atoms with van der Waals surface area (Å²) in [5, 5.41) is 4.44. The lowest BCUT2D eigenvalue weighted by atomic mass is 10.0. The minimum absolute atomic E-state index is 0.342. The van der Waals surface area contributed by atoms with E-state index in [2.05, 4.69) is 25.2 Å². The van der Waals surface area contributed by atoms with Crippen molar-refractivity contribution in [3.8, 4) is 0 Å². The lowest BCUT2D eigenvalue weighted by molar-refractivity contribution is 0.432. The maximum atomic E-state index is 6.17.